The van der Waals surface area contributed by atoms with E-state index in [9.17, 15) is 4.79 Å². The standard InChI is InChI=1S/C18H30N6O3/c1-19-18(22-7-13-27-16-4-3-5-20-14-16)24-10-8-23(9-11-24)15-17(25)21-6-12-26-2/h3-5,14H,6-13,15H2,1-2H3,(H,19,22)(H,21,25). The maximum atomic E-state index is 11.9. The molecular weight excluding hydrogens is 348 g/mol. The van der Waals surface area contributed by atoms with Gasteiger partial charge in [0.25, 0.3) is 0 Å². The number of carbonyl (C=O) groups is 1. The first-order chi connectivity index (χ1) is 13.2. The van der Waals surface area contributed by atoms with Gasteiger partial charge in [0.1, 0.15) is 12.4 Å². The van der Waals surface area contributed by atoms with Crippen LogP contribution in [-0.2, 0) is 9.53 Å². The summed E-state index contributed by atoms with van der Waals surface area (Å²) >= 11 is 0. The molecule has 9 nitrogen and oxygen atoms in total. The lowest BCUT2D eigenvalue weighted by Gasteiger charge is -2.36. The third kappa shape index (κ3) is 7.79. The number of rotatable bonds is 9. The van der Waals surface area contributed by atoms with Crippen LogP contribution >= 0.6 is 0 Å². The van der Waals surface area contributed by atoms with Crippen molar-refractivity contribution in [3.05, 3.63) is 24.5 Å². The Labute approximate surface area is 160 Å². The van der Waals surface area contributed by atoms with Crippen LogP contribution < -0.4 is 15.4 Å². The van der Waals surface area contributed by atoms with E-state index >= 15 is 0 Å². The summed E-state index contributed by atoms with van der Waals surface area (Å²) in [7, 11) is 3.40. The lowest BCUT2D eigenvalue weighted by Crippen LogP contribution is -2.54. The molecular formula is C18H30N6O3. The van der Waals surface area contributed by atoms with E-state index in [-0.39, 0.29) is 5.91 Å². The van der Waals surface area contributed by atoms with Crippen molar-refractivity contribution in [2.45, 2.75) is 0 Å². The molecule has 150 valence electrons. The molecule has 1 fully saturated rings. The molecule has 2 rings (SSSR count). The molecule has 0 aliphatic carbocycles. The SMILES string of the molecule is CN=C(NCCOc1cccnc1)N1CCN(CC(=O)NCCOC)CC1. The molecule has 1 saturated heterocycles. The van der Waals surface area contributed by atoms with E-state index in [1.165, 1.54) is 0 Å². The van der Waals surface area contributed by atoms with Gasteiger partial charge in [-0.2, -0.15) is 0 Å². The van der Waals surface area contributed by atoms with Crippen LogP contribution in [0.4, 0.5) is 0 Å². The van der Waals surface area contributed by atoms with Gasteiger partial charge in [0.05, 0.1) is 25.9 Å². The summed E-state index contributed by atoms with van der Waals surface area (Å²) in [5.74, 6) is 1.65. The van der Waals surface area contributed by atoms with Crippen LogP contribution in [0.25, 0.3) is 0 Å². The number of aliphatic imine (C=N–C) groups is 1. The molecule has 0 bridgehead atoms. The van der Waals surface area contributed by atoms with Gasteiger partial charge < -0.3 is 25.0 Å². The summed E-state index contributed by atoms with van der Waals surface area (Å²) in [6, 6.07) is 3.73. The van der Waals surface area contributed by atoms with Gasteiger partial charge in [-0.25, -0.2) is 0 Å². The van der Waals surface area contributed by atoms with E-state index in [0.717, 1.165) is 37.9 Å². The van der Waals surface area contributed by atoms with E-state index < -0.39 is 0 Å². The van der Waals surface area contributed by atoms with Gasteiger partial charge in [-0.05, 0) is 12.1 Å². The molecule has 1 aromatic heterocycles. The molecule has 0 unspecified atom stereocenters. The van der Waals surface area contributed by atoms with Crippen molar-refractivity contribution >= 4 is 11.9 Å². The van der Waals surface area contributed by atoms with Crippen molar-refractivity contribution in [1.29, 1.82) is 0 Å². The van der Waals surface area contributed by atoms with Crippen molar-refractivity contribution in [1.82, 2.24) is 25.4 Å². The largest absolute Gasteiger partial charge is 0.490 e. The fourth-order valence-electron chi connectivity index (χ4n) is 2.77. The zero-order chi connectivity index (χ0) is 19.3. The highest BCUT2D eigenvalue weighted by Crippen LogP contribution is 2.05. The quantitative estimate of drug-likeness (QED) is 0.337. The van der Waals surface area contributed by atoms with Crippen LogP contribution in [-0.4, -0.2) is 99.8 Å². The Balaban J connectivity index is 1.63. The Hall–Kier alpha value is -2.39. The van der Waals surface area contributed by atoms with Gasteiger partial charge in [-0.15, -0.1) is 0 Å². The second-order valence-electron chi connectivity index (χ2n) is 6.12. The average Bonchev–Trinajstić information content (AvgIpc) is 2.70. The number of aromatic nitrogens is 1. The van der Waals surface area contributed by atoms with Crippen LogP contribution in [0.3, 0.4) is 0 Å². The average molecular weight is 378 g/mol. The van der Waals surface area contributed by atoms with Crippen LogP contribution in [0.5, 0.6) is 5.75 Å². The minimum atomic E-state index is 0.0376. The van der Waals surface area contributed by atoms with E-state index in [1.54, 1.807) is 26.6 Å². The van der Waals surface area contributed by atoms with Gasteiger partial charge in [-0.1, -0.05) is 0 Å². The molecule has 2 heterocycles. The number of piperazine rings is 1. The number of pyridine rings is 1. The number of methoxy groups -OCH3 is 1. The summed E-state index contributed by atoms with van der Waals surface area (Å²) in [4.78, 5) is 24.6. The number of carbonyl (C=O) groups excluding carboxylic acids is 1. The Morgan fingerprint density at radius 1 is 1.22 bits per heavy atom. The van der Waals surface area contributed by atoms with E-state index in [2.05, 4.69) is 30.4 Å². The van der Waals surface area contributed by atoms with Crippen molar-refractivity contribution in [3.63, 3.8) is 0 Å². The van der Waals surface area contributed by atoms with Gasteiger partial charge in [0, 0.05) is 53.1 Å². The third-order valence-corrected chi connectivity index (χ3v) is 4.17. The predicted octanol–water partition coefficient (Wildman–Crippen LogP) is -0.584. The van der Waals surface area contributed by atoms with Crippen molar-refractivity contribution in [3.8, 4) is 5.75 Å². The van der Waals surface area contributed by atoms with Gasteiger partial charge >= 0.3 is 0 Å². The fourth-order valence-corrected chi connectivity index (χ4v) is 2.77. The van der Waals surface area contributed by atoms with E-state index in [1.807, 2.05) is 12.1 Å². The van der Waals surface area contributed by atoms with Crippen LogP contribution in [0.15, 0.2) is 29.5 Å². The summed E-state index contributed by atoms with van der Waals surface area (Å²) in [5, 5.41) is 6.17. The van der Waals surface area contributed by atoms with Crippen molar-refractivity contribution in [2.75, 3.05) is 73.2 Å². The van der Waals surface area contributed by atoms with E-state index in [0.29, 0.717) is 32.8 Å². The molecule has 1 amide bonds. The number of amides is 1. The summed E-state index contributed by atoms with van der Waals surface area (Å²) in [5.41, 5.74) is 0. The Morgan fingerprint density at radius 3 is 2.67 bits per heavy atom. The van der Waals surface area contributed by atoms with Gasteiger partial charge in [-0.3, -0.25) is 19.7 Å². The Morgan fingerprint density at radius 2 is 2.00 bits per heavy atom. The zero-order valence-corrected chi connectivity index (χ0v) is 16.2. The van der Waals surface area contributed by atoms with Crippen LogP contribution in [0, 0.1) is 0 Å². The molecule has 0 spiro atoms. The minimum Gasteiger partial charge on any atom is -0.490 e. The summed E-state index contributed by atoms with van der Waals surface area (Å²) < 4.78 is 10.6. The molecule has 1 aliphatic rings. The number of ether oxygens (including phenoxy) is 2. The highest BCUT2D eigenvalue weighted by atomic mass is 16.5. The second kappa shape index (κ2) is 12.1. The molecule has 9 heteroatoms. The first-order valence-electron chi connectivity index (χ1n) is 9.19. The van der Waals surface area contributed by atoms with Crippen molar-refractivity contribution in [2.24, 2.45) is 4.99 Å². The first-order valence-corrected chi connectivity index (χ1v) is 9.19. The maximum absolute atomic E-state index is 11.9. The number of hydrogen-bond donors (Lipinski definition) is 2. The molecule has 27 heavy (non-hydrogen) atoms. The molecule has 0 atom stereocenters. The maximum Gasteiger partial charge on any atom is 0.234 e. The number of nitrogens with zero attached hydrogens (tertiary/aromatic N) is 4. The Kier molecular flexibility index (Phi) is 9.36. The number of guanidine groups is 1. The van der Waals surface area contributed by atoms with Crippen LogP contribution in [0.2, 0.25) is 0 Å². The summed E-state index contributed by atoms with van der Waals surface area (Å²) in [6.45, 7) is 6.00. The monoisotopic (exact) mass is 378 g/mol. The number of hydrogen-bond acceptors (Lipinski definition) is 6. The molecule has 0 saturated carbocycles. The highest BCUT2D eigenvalue weighted by molar-refractivity contribution is 5.80. The second-order valence-corrected chi connectivity index (χ2v) is 6.12. The third-order valence-electron chi connectivity index (χ3n) is 4.17. The van der Waals surface area contributed by atoms with Gasteiger partial charge in [0.2, 0.25) is 5.91 Å². The number of nitrogens with one attached hydrogen (secondary N) is 2. The normalized spacial score (nSPS) is 15.5. The van der Waals surface area contributed by atoms with Crippen LogP contribution in [0.1, 0.15) is 0 Å². The molecule has 0 radical (unpaired) electrons. The minimum absolute atomic E-state index is 0.0376. The topological polar surface area (TPSA) is 91.3 Å². The highest BCUT2D eigenvalue weighted by Gasteiger charge is 2.20. The molecule has 1 aromatic rings. The summed E-state index contributed by atoms with van der Waals surface area (Å²) in [6.07, 6.45) is 3.41. The molecule has 1 aliphatic heterocycles. The molecule has 2 N–H and O–H groups in total. The van der Waals surface area contributed by atoms with Gasteiger partial charge in [0.15, 0.2) is 5.96 Å². The van der Waals surface area contributed by atoms with Crippen molar-refractivity contribution < 1.29 is 14.3 Å². The molecule has 0 aromatic carbocycles. The first kappa shape index (κ1) is 20.9. The predicted molar refractivity (Wildman–Crippen MR) is 104 cm³/mol. The lowest BCUT2D eigenvalue weighted by atomic mass is 10.3. The van der Waals surface area contributed by atoms with E-state index in [4.69, 9.17) is 9.47 Å². The lowest BCUT2D eigenvalue weighted by molar-refractivity contribution is -0.122. The Bertz CT molecular complexity index is 576. The smallest absolute Gasteiger partial charge is 0.234 e. The zero-order valence-electron chi connectivity index (χ0n) is 16.2. The fraction of sp³-hybridized carbons (Fsp3) is 0.611.